The molecular formula is C50H57F2N7O8S. The van der Waals surface area contributed by atoms with Crippen LogP contribution in [0.15, 0.2) is 71.8 Å². The Balaban J connectivity index is 0.874. The number of piperidine rings is 1. The normalized spacial score (nSPS) is 24.8. The molecule has 3 aliphatic heterocycles. The van der Waals surface area contributed by atoms with Crippen LogP contribution in [0.2, 0.25) is 0 Å². The van der Waals surface area contributed by atoms with Gasteiger partial charge in [-0.2, -0.15) is 9.37 Å². The highest BCUT2D eigenvalue weighted by atomic mass is 32.2. The molecule has 5 aliphatic rings. The molecule has 1 spiro atoms. The Hall–Kier alpha value is -5.85. The predicted molar refractivity (Wildman–Crippen MR) is 252 cm³/mol. The smallest absolute Gasteiger partial charge is 0.297 e. The zero-order valence-corrected chi connectivity index (χ0v) is 39.2. The summed E-state index contributed by atoms with van der Waals surface area (Å²) >= 11 is 0. The highest BCUT2D eigenvalue weighted by Crippen LogP contribution is 2.49. The van der Waals surface area contributed by atoms with Gasteiger partial charge in [0.05, 0.1) is 32.4 Å². The number of anilines is 2. The van der Waals surface area contributed by atoms with Gasteiger partial charge in [0.2, 0.25) is 0 Å². The molecule has 5 aromatic rings. The first-order chi connectivity index (χ1) is 32.5. The molecule has 360 valence electrons. The van der Waals surface area contributed by atoms with Gasteiger partial charge in [-0.15, -0.1) is 0 Å². The van der Waals surface area contributed by atoms with Gasteiger partial charge in [-0.05, 0) is 111 Å². The monoisotopic (exact) mass is 953 g/mol. The van der Waals surface area contributed by atoms with Crippen molar-refractivity contribution < 1.29 is 41.5 Å². The quantitative estimate of drug-likeness (QED) is 0.0559. The number of H-pyrrole nitrogens is 1. The number of nitro groups is 1. The Bertz CT molecular complexity index is 2880. The Morgan fingerprint density at radius 3 is 2.50 bits per heavy atom. The lowest BCUT2D eigenvalue weighted by Gasteiger charge is -2.57. The van der Waals surface area contributed by atoms with Crippen LogP contribution in [-0.4, -0.2) is 89.7 Å². The van der Waals surface area contributed by atoms with E-state index < -0.39 is 54.6 Å². The Kier molecular flexibility index (Phi) is 11.9. The number of fused-ring (bicyclic) bond motifs is 2. The molecule has 4 fully saturated rings. The molecule has 4 N–H and O–H groups in total. The van der Waals surface area contributed by atoms with Crippen molar-refractivity contribution in [1.82, 2.24) is 19.6 Å². The summed E-state index contributed by atoms with van der Waals surface area (Å²) in [6, 6.07) is 16.8. The number of aromatic nitrogens is 2. The van der Waals surface area contributed by atoms with Crippen molar-refractivity contribution in [2.24, 2.45) is 11.3 Å². The fourth-order valence-electron chi connectivity index (χ4n) is 11.6. The van der Waals surface area contributed by atoms with Gasteiger partial charge in [-0.25, -0.2) is 17.5 Å². The second-order valence-electron chi connectivity index (χ2n) is 20.3. The van der Waals surface area contributed by atoms with Gasteiger partial charge in [-0.3, -0.25) is 19.8 Å². The van der Waals surface area contributed by atoms with Gasteiger partial charge in [0.15, 0.2) is 17.2 Å². The first-order valence-electron chi connectivity index (χ1n) is 23.7. The summed E-state index contributed by atoms with van der Waals surface area (Å²) in [5, 5.41) is 26.0. The molecule has 15 nitrogen and oxygen atoms in total. The van der Waals surface area contributed by atoms with E-state index in [1.54, 1.807) is 13.0 Å². The van der Waals surface area contributed by atoms with Crippen molar-refractivity contribution in [3.63, 3.8) is 0 Å². The summed E-state index contributed by atoms with van der Waals surface area (Å²) in [6.07, 6.45) is 8.98. The summed E-state index contributed by atoms with van der Waals surface area (Å²) in [6.45, 7) is 9.87. The van der Waals surface area contributed by atoms with Crippen molar-refractivity contribution in [1.29, 1.82) is 0 Å². The molecule has 2 saturated heterocycles. The maximum atomic E-state index is 15.5. The molecule has 0 radical (unpaired) electrons. The van der Waals surface area contributed by atoms with Crippen molar-refractivity contribution in [2.45, 2.75) is 113 Å². The number of carbonyl (C=O) groups excluding carboxylic acids is 1. The highest BCUT2D eigenvalue weighted by molar-refractivity contribution is 7.90. The third kappa shape index (κ3) is 8.74. The number of sulfonamides is 1. The average molecular weight is 954 g/mol. The summed E-state index contributed by atoms with van der Waals surface area (Å²) in [4.78, 5) is 36.4. The van der Waals surface area contributed by atoms with Crippen molar-refractivity contribution >= 4 is 44.0 Å². The van der Waals surface area contributed by atoms with E-state index in [4.69, 9.17) is 9.47 Å². The highest BCUT2D eigenvalue weighted by Gasteiger charge is 2.49. The number of nitrogens with zero attached hydrogens (tertiary/aromatic N) is 4. The van der Waals surface area contributed by atoms with Crippen molar-refractivity contribution in [2.75, 3.05) is 43.0 Å². The Morgan fingerprint density at radius 2 is 1.76 bits per heavy atom. The molecule has 0 bridgehead atoms. The van der Waals surface area contributed by atoms with Crippen LogP contribution in [-0.2, 0) is 10.0 Å². The minimum atomic E-state index is -4.79. The Morgan fingerprint density at radius 1 is 1.01 bits per heavy atom. The summed E-state index contributed by atoms with van der Waals surface area (Å²) in [7, 11) is -4.79. The maximum Gasteiger partial charge on any atom is 0.297 e. The molecule has 2 saturated carbocycles. The number of carbonyl (C=O) groups is 1. The van der Waals surface area contributed by atoms with E-state index in [-0.39, 0.29) is 57.8 Å². The van der Waals surface area contributed by atoms with Crippen LogP contribution in [0, 0.1) is 33.2 Å². The van der Waals surface area contributed by atoms with E-state index in [1.807, 2.05) is 4.72 Å². The van der Waals surface area contributed by atoms with Crippen molar-refractivity contribution in [3.8, 4) is 17.2 Å². The molecular weight excluding hydrogens is 897 g/mol. The zero-order valence-electron chi connectivity index (χ0n) is 38.4. The number of benzene rings is 3. The van der Waals surface area contributed by atoms with Crippen LogP contribution < -0.4 is 24.4 Å². The molecule has 2 aliphatic carbocycles. The second kappa shape index (κ2) is 17.6. The number of pyridine rings is 1. The number of nitrogens with one attached hydrogen (secondary N) is 3. The predicted octanol–water partition coefficient (Wildman–Crippen LogP) is 9.14. The molecule has 18 heteroatoms. The number of hydrogen-bond acceptors (Lipinski definition) is 12. The minimum absolute atomic E-state index is 0.0237. The maximum absolute atomic E-state index is 15.5. The van der Waals surface area contributed by atoms with E-state index in [0.29, 0.717) is 62.3 Å². The van der Waals surface area contributed by atoms with Gasteiger partial charge < -0.3 is 29.8 Å². The summed E-state index contributed by atoms with van der Waals surface area (Å²) < 4.78 is 72.0. The molecule has 2 aromatic heterocycles. The number of aliphatic hydroxyl groups is 1. The fourth-order valence-corrected chi connectivity index (χ4v) is 12.6. The molecule has 1 amide bonds. The summed E-state index contributed by atoms with van der Waals surface area (Å²) in [5.41, 5.74) is 2.09. The van der Waals surface area contributed by atoms with Crippen LogP contribution in [0.3, 0.4) is 0 Å². The van der Waals surface area contributed by atoms with Crippen LogP contribution in [0.4, 0.5) is 25.8 Å². The number of amides is 1. The molecule has 5 heterocycles. The first-order valence-corrected chi connectivity index (χ1v) is 25.2. The largest absolute Gasteiger partial charge is 0.489 e. The topological polar surface area (TPSA) is 192 Å². The molecule has 68 heavy (non-hydrogen) atoms. The summed E-state index contributed by atoms with van der Waals surface area (Å²) in [5.74, 6) is -2.68. The van der Waals surface area contributed by atoms with Gasteiger partial charge in [0.1, 0.15) is 23.8 Å². The van der Waals surface area contributed by atoms with Crippen LogP contribution in [0.25, 0.3) is 11.0 Å². The Labute approximate surface area is 393 Å². The molecule has 3 atom stereocenters. The SMILES string of the molecule is CC(C)c1ccccc1[C@@H]1CCC[C@@H]1N1CC2(CCN(c3ccc(C(=O)NS(=O)(=O)c4cc5c(c([N+](=O)[O-])c4)N[C@@H]([C@H]4CC[C@](C)(O)CC4)CO5)c(Oc4cc5c(F)c[nH]c5nc4F)c3)CC2)C1. The number of rotatable bonds is 11. The number of aromatic amines is 1. The van der Waals surface area contributed by atoms with Crippen LogP contribution in [0.1, 0.15) is 112 Å². The second-order valence-corrected chi connectivity index (χ2v) is 22.0. The minimum Gasteiger partial charge on any atom is -0.489 e. The standard InChI is InChI=1S/C50H57F2N7O8S/c1-29(2)33-7-4-5-8-34(33)35-9-6-10-40(35)58-27-50(28-58)17-19-57(20-18-50)31-11-12-36(42(21-31)67-44-24-37-38(51)25-53-47(37)55-46(44)52)48(60)56-68(64,65)32-22-41(59(62)63)45-43(23-32)66-26-39(54-45)30-13-15-49(3,61)16-14-30/h4-5,7-8,11-12,21-25,29-30,35,39-40,54,61H,6,9-10,13-20,26-28H2,1-3H3,(H,53,55)(H,56,60)/t30-,35-,39+,40-,49-/m0/s1. The van der Waals surface area contributed by atoms with E-state index >= 15 is 4.39 Å². The number of ether oxygens (including phenoxy) is 2. The van der Waals surface area contributed by atoms with E-state index in [1.165, 1.54) is 42.5 Å². The third-order valence-corrected chi connectivity index (χ3v) is 16.7. The van der Waals surface area contributed by atoms with E-state index in [2.05, 4.69) is 63.2 Å². The molecule has 10 rings (SSSR count). The van der Waals surface area contributed by atoms with Crippen LogP contribution >= 0.6 is 0 Å². The van der Waals surface area contributed by atoms with E-state index in [0.717, 1.165) is 50.3 Å². The number of hydrogen-bond donors (Lipinski definition) is 4. The van der Waals surface area contributed by atoms with Crippen molar-refractivity contribution in [3.05, 3.63) is 105 Å². The lowest BCUT2D eigenvalue weighted by molar-refractivity contribution is -0.384. The van der Waals surface area contributed by atoms with Gasteiger partial charge >= 0.3 is 0 Å². The van der Waals surface area contributed by atoms with Gasteiger partial charge in [0.25, 0.3) is 27.6 Å². The van der Waals surface area contributed by atoms with E-state index in [9.17, 15) is 32.8 Å². The average Bonchev–Trinajstić information content (AvgIpc) is 3.93. The first kappa shape index (κ1) is 45.9. The lowest BCUT2D eigenvalue weighted by Crippen LogP contribution is -2.63. The van der Waals surface area contributed by atoms with Crippen LogP contribution in [0.5, 0.6) is 17.2 Å². The third-order valence-electron chi connectivity index (χ3n) is 15.4. The molecule has 3 aromatic carbocycles. The number of nitro benzene ring substituents is 1. The number of likely N-dealkylation sites (tertiary alicyclic amines) is 1. The zero-order chi connectivity index (χ0) is 47.7. The fraction of sp³-hybridized carbons (Fsp3) is 0.480. The van der Waals surface area contributed by atoms with Gasteiger partial charge in [-0.1, -0.05) is 44.5 Å². The number of halogens is 2. The van der Waals surface area contributed by atoms with Gasteiger partial charge in [0, 0.05) is 62.3 Å². The molecule has 0 unspecified atom stereocenters. The lowest BCUT2D eigenvalue weighted by atomic mass is 9.70.